The standard InChI is InChI=1S/C13H17F3N2O2S/c14-10-3-4-11(13(16)12(10)15)21(19,20)18-7-5-9-2-1-6-17-8-9/h3-4,9,17-18H,1-2,5-8H2. The summed E-state index contributed by atoms with van der Waals surface area (Å²) in [6.45, 7) is 1.91. The van der Waals surface area contributed by atoms with Gasteiger partial charge in [-0.2, -0.15) is 0 Å². The van der Waals surface area contributed by atoms with E-state index in [0.717, 1.165) is 32.0 Å². The summed E-state index contributed by atoms with van der Waals surface area (Å²) in [5.74, 6) is -4.54. The van der Waals surface area contributed by atoms with Crippen LogP contribution in [0.5, 0.6) is 0 Å². The molecule has 0 aliphatic carbocycles. The summed E-state index contributed by atoms with van der Waals surface area (Å²) in [7, 11) is -4.18. The van der Waals surface area contributed by atoms with Crippen LogP contribution in [0.15, 0.2) is 17.0 Å². The van der Waals surface area contributed by atoms with Crippen LogP contribution in [0.3, 0.4) is 0 Å². The Kier molecular flexibility index (Phi) is 5.23. The highest BCUT2D eigenvalue weighted by Crippen LogP contribution is 2.20. The van der Waals surface area contributed by atoms with Crippen LogP contribution in [-0.2, 0) is 10.0 Å². The Labute approximate surface area is 121 Å². The molecule has 1 aliphatic heterocycles. The molecule has 1 aliphatic rings. The van der Waals surface area contributed by atoms with E-state index in [0.29, 0.717) is 18.4 Å². The average Bonchev–Trinajstić information content (AvgIpc) is 2.45. The molecule has 4 nitrogen and oxygen atoms in total. The maximum atomic E-state index is 13.5. The van der Waals surface area contributed by atoms with Crippen LogP contribution >= 0.6 is 0 Å². The van der Waals surface area contributed by atoms with Gasteiger partial charge in [-0.15, -0.1) is 0 Å². The van der Waals surface area contributed by atoms with Crippen molar-refractivity contribution in [1.82, 2.24) is 10.0 Å². The van der Waals surface area contributed by atoms with Gasteiger partial charge in [0.2, 0.25) is 10.0 Å². The molecule has 0 bridgehead atoms. The van der Waals surface area contributed by atoms with Crippen molar-refractivity contribution >= 4 is 10.0 Å². The Bertz CT molecular complexity index is 602. The molecule has 1 aromatic carbocycles. The fourth-order valence-corrected chi connectivity index (χ4v) is 3.48. The van der Waals surface area contributed by atoms with Gasteiger partial charge in [0.05, 0.1) is 0 Å². The lowest BCUT2D eigenvalue weighted by Crippen LogP contribution is -2.33. The predicted octanol–water partition coefficient (Wildman–Crippen LogP) is 1.77. The summed E-state index contributed by atoms with van der Waals surface area (Å²) >= 11 is 0. The summed E-state index contributed by atoms with van der Waals surface area (Å²) in [5, 5.41) is 3.21. The summed E-state index contributed by atoms with van der Waals surface area (Å²) in [6, 6.07) is 1.32. The monoisotopic (exact) mass is 322 g/mol. The van der Waals surface area contributed by atoms with Crippen molar-refractivity contribution in [3.63, 3.8) is 0 Å². The molecule has 0 radical (unpaired) electrons. The smallest absolute Gasteiger partial charge is 0.243 e. The molecule has 1 saturated heterocycles. The van der Waals surface area contributed by atoms with Gasteiger partial charge >= 0.3 is 0 Å². The fraction of sp³-hybridized carbons (Fsp3) is 0.538. The predicted molar refractivity (Wildman–Crippen MR) is 71.7 cm³/mol. The van der Waals surface area contributed by atoms with Gasteiger partial charge in [0.1, 0.15) is 4.90 Å². The van der Waals surface area contributed by atoms with E-state index in [2.05, 4.69) is 10.0 Å². The molecular formula is C13H17F3N2O2S. The van der Waals surface area contributed by atoms with Crippen LogP contribution in [0.4, 0.5) is 13.2 Å². The van der Waals surface area contributed by atoms with E-state index in [4.69, 9.17) is 0 Å². The highest BCUT2D eigenvalue weighted by atomic mass is 32.2. The Morgan fingerprint density at radius 3 is 2.67 bits per heavy atom. The number of nitrogens with one attached hydrogen (secondary N) is 2. The third-order valence-electron chi connectivity index (χ3n) is 3.53. The largest absolute Gasteiger partial charge is 0.316 e. The van der Waals surface area contributed by atoms with Crippen LogP contribution < -0.4 is 10.0 Å². The van der Waals surface area contributed by atoms with Crippen molar-refractivity contribution in [2.24, 2.45) is 5.92 Å². The molecule has 0 aromatic heterocycles. The fourth-order valence-electron chi connectivity index (χ4n) is 2.36. The zero-order chi connectivity index (χ0) is 15.5. The molecule has 8 heteroatoms. The van der Waals surface area contributed by atoms with E-state index in [-0.39, 0.29) is 6.54 Å². The van der Waals surface area contributed by atoms with Crippen molar-refractivity contribution in [2.45, 2.75) is 24.2 Å². The quantitative estimate of drug-likeness (QED) is 0.813. The first kappa shape index (κ1) is 16.3. The van der Waals surface area contributed by atoms with Crippen LogP contribution in [0, 0.1) is 23.4 Å². The van der Waals surface area contributed by atoms with E-state index in [1.54, 1.807) is 0 Å². The highest BCUT2D eigenvalue weighted by Gasteiger charge is 2.24. The van der Waals surface area contributed by atoms with Gasteiger partial charge in [-0.1, -0.05) is 0 Å². The number of sulfonamides is 1. The molecule has 0 spiro atoms. The van der Waals surface area contributed by atoms with Crippen molar-refractivity contribution in [3.05, 3.63) is 29.6 Å². The van der Waals surface area contributed by atoms with Gasteiger partial charge in [0.25, 0.3) is 0 Å². The second-order valence-electron chi connectivity index (χ2n) is 5.07. The summed E-state index contributed by atoms with van der Waals surface area (Å²) in [5.41, 5.74) is 0. The van der Waals surface area contributed by atoms with Crippen molar-refractivity contribution < 1.29 is 21.6 Å². The molecular weight excluding hydrogens is 305 g/mol. The Morgan fingerprint density at radius 2 is 2.00 bits per heavy atom. The maximum absolute atomic E-state index is 13.5. The zero-order valence-electron chi connectivity index (χ0n) is 11.3. The summed E-state index contributed by atoms with van der Waals surface area (Å²) in [6.07, 6.45) is 2.65. The molecule has 1 atom stereocenters. The summed E-state index contributed by atoms with van der Waals surface area (Å²) in [4.78, 5) is -0.872. The number of rotatable bonds is 5. The number of hydrogen-bond acceptors (Lipinski definition) is 3. The van der Waals surface area contributed by atoms with Gasteiger partial charge in [-0.3, -0.25) is 0 Å². The topological polar surface area (TPSA) is 58.2 Å². The molecule has 1 aromatic rings. The van der Waals surface area contributed by atoms with Crippen molar-refractivity contribution in [1.29, 1.82) is 0 Å². The molecule has 1 unspecified atom stereocenters. The molecule has 1 heterocycles. The van der Waals surface area contributed by atoms with E-state index < -0.39 is 32.4 Å². The lowest BCUT2D eigenvalue weighted by Gasteiger charge is -2.22. The van der Waals surface area contributed by atoms with E-state index in [9.17, 15) is 21.6 Å². The van der Waals surface area contributed by atoms with E-state index in [1.807, 2.05) is 0 Å². The summed E-state index contributed by atoms with van der Waals surface area (Å²) < 4.78 is 65.4. The third kappa shape index (κ3) is 3.96. The van der Waals surface area contributed by atoms with Crippen LogP contribution in [-0.4, -0.2) is 28.1 Å². The number of hydrogen-bond donors (Lipinski definition) is 2. The average molecular weight is 322 g/mol. The number of halogens is 3. The van der Waals surface area contributed by atoms with E-state index in [1.165, 1.54) is 0 Å². The number of benzene rings is 1. The third-order valence-corrected chi connectivity index (χ3v) is 5.01. The van der Waals surface area contributed by atoms with E-state index >= 15 is 0 Å². The SMILES string of the molecule is O=S(=O)(NCCC1CCCNC1)c1ccc(F)c(F)c1F. The lowest BCUT2D eigenvalue weighted by molar-refractivity contribution is 0.358. The molecule has 2 N–H and O–H groups in total. The van der Waals surface area contributed by atoms with Gasteiger partial charge < -0.3 is 5.32 Å². The lowest BCUT2D eigenvalue weighted by atomic mass is 9.96. The first-order valence-electron chi connectivity index (χ1n) is 6.75. The van der Waals surface area contributed by atoms with Gasteiger partial charge in [-0.05, 0) is 50.4 Å². The molecule has 0 amide bonds. The Balaban J connectivity index is 2.00. The van der Waals surface area contributed by atoms with Crippen LogP contribution in [0.1, 0.15) is 19.3 Å². The van der Waals surface area contributed by atoms with Gasteiger partial charge in [0.15, 0.2) is 17.5 Å². The van der Waals surface area contributed by atoms with Gasteiger partial charge in [0, 0.05) is 6.54 Å². The Morgan fingerprint density at radius 1 is 1.24 bits per heavy atom. The second-order valence-corrected chi connectivity index (χ2v) is 6.81. The molecule has 0 saturated carbocycles. The Hall–Kier alpha value is -1.12. The van der Waals surface area contributed by atoms with Crippen molar-refractivity contribution in [3.8, 4) is 0 Å². The molecule has 1 fully saturated rings. The first-order chi connectivity index (χ1) is 9.92. The van der Waals surface area contributed by atoms with Crippen LogP contribution in [0.25, 0.3) is 0 Å². The first-order valence-corrected chi connectivity index (χ1v) is 8.24. The molecule has 21 heavy (non-hydrogen) atoms. The number of piperidine rings is 1. The normalized spacial score (nSPS) is 19.7. The van der Waals surface area contributed by atoms with Crippen molar-refractivity contribution in [2.75, 3.05) is 19.6 Å². The zero-order valence-corrected chi connectivity index (χ0v) is 12.1. The minimum atomic E-state index is -4.18. The second kappa shape index (κ2) is 6.76. The van der Waals surface area contributed by atoms with Crippen LogP contribution in [0.2, 0.25) is 0 Å². The van der Waals surface area contributed by atoms with Gasteiger partial charge in [-0.25, -0.2) is 26.3 Å². The molecule has 118 valence electrons. The minimum absolute atomic E-state index is 0.132. The highest BCUT2D eigenvalue weighted by molar-refractivity contribution is 7.89. The minimum Gasteiger partial charge on any atom is -0.316 e. The maximum Gasteiger partial charge on any atom is 0.243 e. The molecule has 2 rings (SSSR count).